The van der Waals surface area contributed by atoms with Crippen LogP contribution in [0.2, 0.25) is 0 Å². The van der Waals surface area contributed by atoms with Gasteiger partial charge in [-0.15, -0.1) is 11.3 Å². The molecule has 1 fully saturated rings. The second-order valence-corrected chi connectivity index (χ2v) is 7.59. The summed E-state index contributed by atoms with van der Waals surface area (Å²) in [6, 6.07) is 12.7. The fraction of sp³-hybridized carbons (Fsp3) is 0.476. The van der Waals surface area contributed by atoms with Crippen molar-refractivity contribution in [3.05, 3.63) is 52.2 Å². The van der Waals surface area contributed by atoms with E-state index in [2.05, 4.69) is 46.0 Å². The van der Waals surface area contributed by atoms with Crippen LogP contribution in [-0.2, 0) is 11.3 Å². The zero-order chi connectivity index (χ0) is 19.6. The number of thiophene rings is 1. The molecule has 28 heavy (non-hydrogen) atoms. The zero-order valence-corrected chi connectivity index (χ0v) is 17.5. The average molecular weight is 403 g/mol. The van der Waals surface area contributed by atoms with E-state index in [0.717, 1.165) is 56.7 Å². The van der Waals surface area contributed by atoms with Crippen molar-refractivity contribution in [1.82, 2.24) is 15.5 Å². The summed E-state index contributed by atoms with van der Waals surface area (Å²) in [6.07, 6.45) is 0. The number of guanidine groups is 1. The molecule has 1 aromatic heterocycles. The number of nitrogens with one attached hydrogen (secondary N) is 2. The highest BCUT2D eigenvalue weighted by Gasteiger charge is 2.23. The first kappa shape index (κ1) is 20.6. The van der Waals surface area contributed by atoms with Crippen molar-refractivity contribution >= 4 is 17.3 Å². The number of aliphatic imine (C=N–C) groups is 1. The second kappa shape index (κ2) is 11.0. The van der Waals surface area contributed by atoms with E-state index in [4.69, 9.17) is 14.5 Å². The highest BCUT2D eigenvalue weighted by molar-refractivity contribution is 7.10. The fourth-order valence-electron chi connectivity index (χ4n) is 3.26. The molecule has 0 amide bonds. The van der Waals surface area contributed by atoms with Crippen LogP contribution in [0.4, 0.5) is 0 Å². The minimum Gasteiger partial charge on any atom is -0.497 e. The van der Waals surface area contributed by atoms with Crippen LogP contribution in [0.15, 0.2) is 46.8 Å². The van der Waals surface area contributed by atoms with Crippen molar-refractivity contribution in [2.24, 2.45) is 4.99 Å². The lowest BCUT2D eigenvalue weighted by Gasteiger charge is -2.34. The topological polar surface area (TPSA) is 58.1 Å². The van der Waals surface area contributed by atoms with Gasteiger partial charge in [0, 0.05) is 31.1 Å². The first-order valence-electron chi connectivity index (χ1n) is 9.80. The van der Waals surface area contributed by atoms with Gasteiger partial charge in [-0.3, -0.25) is 4.90 Å². The third-order valence-electron chi connectivity index (χ3n) is 4.72. The van der Waals surface area contributed by atoms with Gasteiger partial charge in [-0.25, -0.2) is 4.99 Å². The Morgan fingerprint density at radius 1 is 1.25 bits per heavy atom. The van der Waals surface area contributed by atoms with Gasteiger partial charge in [-0.2, -0.15) is 0 Å². The van der Waals surface area contributed by atoms with Crippen LogP contribution in [0.3, 0.4) is 0 Å². The van der Waals surface area contributed by atoms with Crippen LogP contribution >= 0.6 is 11.3 Å². The highest BCUT2D eigenvalue weighted by atomic mass is 32.1. The van der Waals surface area contributed by atoms with E-state index in [1.165, 1.54) is 4.88 Å². The third-order valence-corrected chi connectivity index (χ3v) is 5.69. The second-order valence-electron chi connectivity index (χ2n) is 6.61. The highest BCUT2D eigenvalue weighted by Crippen LogP contribution is 2.25. The Bertz CT molecular complexity index is 730. The van der Waals surface area contributed by atoms with Gasteiger partial charge in [0.1, 0.15) is 5.75 Å². The number of hydrogen-bond donors (Lipinski definition) is 2. The predicted molar refractivity (Wildman–Crippen MR) is 115 cm³/mol. The van der Waals surface area contributed by atoms with Crippen molar-refractivity contribution in [3.63, 3.8) is 0 Å². The van der Waals surface area contributed by atoms with Gasteiger partial charge in [-0.1, -0.05) is 18.2 Å². The number of rotatable bonds is 8. The van der Waals surface area contributed by atoms with Crippen LogP contribution in [0.1, 0.15) is 23.4 Å². The van der Waals surface area contributed by atoms with E-state index >= 15 is 0 Å². The maximum Gasteiger partial charge on any atom is 0.191 e. The molecule has 0 radical (unpaired) electrons. The quantitative estimate of drug-likeness (QED) is 0.525. The van der Waals surface area contributed by atoms with Gasteiger partial charge in [0.05, 0.1) is 32.9 Å². The van der Waals surface area contributed by atoms with Crippen LogP contribution < -0.4 is 15.4 Å². The first-order chi connectivity index (χ1) is 13.8. The van der Waals surface area contributed by atoms with Gasteiger partial charge in [0.2, 0.25) is 0 Å². The Kier molecular flexibility index (Phi) is 8.14. The monoisotopic (exact) mass is 402 g/mol. The van der Waals surface area contributed by atoms with Gasteiger partial charge in [-0.05, 0) is 36.1 Å². The number of hydrogen-bond acceptors (Lipinski definition) is 5. The molecule has 0 bridgehead atoms. The third kappa shape index (κ3) is 5.95. The fourth-order valence-corrected chi connectivity index (χ4v) is 4.12. The summed E-state index contributed by atoms with van der Waals surface area (Å²) >= 11 is 1.81. The van der Waals surface area contributed by atoms with Gasteiger partial charge >= 0.3 is 0 Å². The molecule has 2 aromatic rings. The number of methoxy groups -OCH3 is 1. The van der Waals surface area contributed by atoms with Crippen molar-refractivity contribution in [2.45, 2.75) is 19.5 Å². The zero-order valence-electron chi connectivity index (χ0n) is 16.7. The lowest BCUT2D eigenvalue weighted by molar-refractivity contribution is 0.0177. The first-order valence-corrected chi connectivity index (χ1v) is 10.7. The smallest absolute Gasteiger partial charge is 0.191 e. The van der Waals surface area contributed by atoms with Gasteiger partial charge < -0.3 is 20.1 Å². The molecule has 1 unspecified atom stereocenters. The minimum absolute atomic E-state index is 0.324. The number of nitrogens with zero attached hydrogens (tertiary/aromatic N) is 2. The predicted octanol–water partition coefficient (Wildman–Crippen LogP) is 2.89. The molecule has 1 aromatic carbocycles. The molecule has 152 valence electrons. The Labute approximate surface area is 171 Å². The molecular formula is C21H30N4O2S. The van der Waals surface area contributed by atoms with Crippen LogP contribution in [0.25, 0.3) is 0 Å². The van der Waals surface area contributed by atoms with Crippen LogP contribution in [0.5, 0.6) is 5.75 Å². The lowest BCUT2D eigenvalue weighted by Crippen LogP contribution is -2.46. The summed E-state index contributed by atoms with van der Waals surface area (Å²) in [6.45, 7) is 7.84. The normalized spacial score (nSPS) is 16.6. The van der Waals surface area contributed by atoms with E-state index in [0.29, 0.717) is 12.6 Å². The Morgan fingerprint density at radius 3 is 2.82 bits per heavy atom. The molecule has 1 aliphatic heterocycles. The standard InChI is InChI=1S/C21H30N4O2S/c1-3-22-21(23-15-17-6-4-7-18(14-17)26-2)24-16-19(20-8-5-13-28-20)25-9-11-27-12-10-25/h4-8,13-14,19H,3,9-12,15-16H2,1-2H3,(H2,22,23,24). The molecular weight excluding hydrogens is 372 g/mol. The Balaban J connectivity index is 1.65. The largest absolute Gasteiger partial charge is 0.497 e. The molecule has 6 nitrogen and oxygen atoms in total. The number of morpholine rings is 1. The van der Waals surface area contributed by atoms with Crippen molar-refractivity contribution in [2.75, 3.05) is 46.5 Å². The lowest BCUT2D eigenvalue weighted by atomic mass is 10.2. The summed E-state index contributed by atoms with van der Waals surface area (Å²) < 4.78 is 10.8. The molecule has 2 N–H and O–H groups in total. The van der Waals surface area contributed by atoms with E-state index in [1.54, 1.807) is 7.11 Å². The molecule has 0 aliphatic carbocycles. The SMILES string of the molecule is CCNC(=NCc1cccc(OC)c1)NCC(c1cccs1)N1CCOCC1. The number of benzene rings is 1. The van der Waals surface area contributed by atoms with E-state index in [9.17, 15) is 0 Å². The summed E-state index contributed by atoms with van der Waals surface area (Å²) in [5, 5.41) is 9.03. The van der Waals surface area contributed by atoms with E-state index < -0.39 is 0 Å². The van der Waals surface area contributed by atoms with Gasteiger partial charge in [0.15, 0.2) is 5.96 Å². The van der Waals surface area contributed by atoms with Crippen molar-refractivity contribution < 1.29 is 9.47 Å². The van der Waals surface area contributed by atoms with E-state index in [1.807, 2.05) is 29.5 Å². The maximum absolute atomic E-state index is 5.53. The molecule has 0 saturated carbocycles. The van der Waals surface area contributed by atoms with Crippen molar-refractivity contribution in [3.8, 4) is 5.75 Å². The maximum atomic E-state index is 5.53. The molecule has 3 rings (SSSR count). The van der Waals surface area contributed by atoms with Gasteiger partial charge in [0.25, 0.3) is 0 Å². The summed E-state index contributed by atoms with van der Waals surface area (Å²) in [5.41, 5.74) is 1.12. The molecule has 1 atom stereocenters. The Morgan fingerprint density at radius 2 is 2.11 bits per heavy atom. The number of ether oxygens (including phenoxy) is 2. The molecule has 7 heteroatoms. The summed E-state index contributed by atoms with van der Waals surface area (Å²) in [7, 11) is 1.68. The van der Waals surface area contributed by atoms with Crippen LogP contribution in [-0.4, -0.2) is 57.4 Å². The minimum atomic E-state index is 0.324. The van der Waals surface area contributed by atoms with Crippen molar-refractivity contribution in [1.29, 1.82) is 0 Å². The molecule has 1 aliphatic rings. The molecule has 1 saturated heterocycles. The van der Waals surface area contributed by atoms with Crippen LogP contribution in [0, 0.1) is 0 Å². The summed E-state index contributed by atoms with van der Waals surface area (Å²) in [4.78, 5) is 8.62. The molecule has 0 spiro atoms. The van der Waals surface area contributed by atoms with E-state index in [-0.39, 0.29) is 0 Å². The Hall–Kier alpha value is -2.09. The molecule has 2 heterocycles. The average Bonchev–Trinajstić information content (AvgIpc) is 3.27. The summed E-state index contributed by atoms with van der Waals surface area (Å²) in [5.74, 6) is 1.69.